The molecule has 0 aromatic rings. The molecule has 1 heterocycles. The summed E-state index contributed by atoms with van der Waals surface area (Å²) in [5.41, 5.74) is 0.462. The topological polar surface area (TPSA) is 21.7 Å². The summed E-state index contributed by atoms with van der Waals surface area (Å²) < 4.78 is 12.8. The highest BCUT2D eigenvalue weighted by Gasteiger charge is 2.44. The molecule has 0 radical (unpaired) electrons. The van der Waals surface area contributed by atoms with Crippen molar-refractivity contribution < 1.29 is 9.47 Å². The zero-order valence-corrected chi connectivity index (χ0v) is 17.6. The molecule has 1 aliphatic carbocycles. The summed E-state index contributed by atoms with van der Waals surface area (Å²) in [4.78, 5) is 2.58. The second-order valence-electron chi connectivity index (χ2n) is 9.10. The molecule has 0 bridgehead atoms. The number of hydrogen-bond acceptors (Lipinski definition) is 3. The van der Waals surface area contributed by atoms with E-state index in [0.29, 0.717) is 11.5 Å². The quantitative estimate of drug-likeness (QED) is 0.536. The number of hydrogen-bond donors (Lipinski definition) is 0. The Hall–Kier alpha value is -0.120. The molecule has 148 valence electrons. The van der Waals surface area contributed by atoms with Crippen molar-refractivity contribution in [3.05, 3.63) is 0 Å². The van der Waals surface area contributed by atoms with E-state index in [1.165, 1.54) is 51.6 Å². The van der Waals surface area contributed by atoms with Gasteiger partial charge in [-0.25, -0.2) is 0 Å². The lowest BCUT2D eigenvalue weighted by molar-refractivity contribution is -0.311. The van der Waals surface area contributed by atoms with E-state index >= 15 is 0 Å². The van der Waals surface area contributed by atoms with Gasteiger partial charge in [0.2, 0.25) is 0 Å². The molecule has 2 rings (SSSR count). The first kappa shape index (κ1) is 21.2. The van der Waals surface area contributed by atoms with Crippen LogP contribution in [0.15, 0.2) is 0 Å². The second kappa shape index (κ2) is 9.71. The van der Waals surface area contributed by atoms with Crippen LogP contribution in [0.5, 0.6) is 0 Å². The summed E-state index contributed by atoms with van der Waals surface area (Å²) in [7, 11) is 0. The molecule has 1 atom stereocenters. The summed E-state index contributed by atoms with van der Waals surface area (Å²) in [5, 5.41) is 0. The molecule has 1 unspecified atom stereocenters. The SMILES string of the molecule is CCCN(CCC)CC1CCOC2(CCC(C(C)(C)CCC)CC2)O1. The van der Waals surface area contributed by atoms with Gasteiger partial charge in [0.25, 0.3) is 0 Å². The summed E-state index contributed by atoms with van der Waals surface area (Å²) in [5.74, 6) is 0.550. The Morgan fingerprint density at radius 1 is 0.960 bits per heavy atom. The largest absolute Gasteiger partial charge is 0.350 e. The summed E-state index contributed by atoms with van der Waals surface area (Å²) in [6, 6.07) is 0. The Balaban J connectivity index is 1.88. The molecule has 0 N–H and O–H groups in total. The van der Waals surface area contributed by atoms with Gasteiger partial charge in [0.05, 0.1) is 12.7 Å². The van der Waals surface area contributed by atoms with Crippen LogP contribution in [-0.4, -0.2) is 43.0 Å². The molecule has 2 fully saturated rings. The van der Waals surface area contributed by atoms with E-state index in [0.717, 1.165) is 38.3 Å². The maximum atomic E-state index is 6.60. The van der Waals surface area contributed by atoms with E-state index in [1.807, 2.05) is 0 Å². The number of rotatable bonds is 9. The van der Waals surface area contributed by atoms with Gasteiger partial charge in [-0.15, -0.1) is 0 Å². The van der Waals surface area contributed by atoms with Gasteiger partial charge in [-0.3, -0.25) is 0 Å². The van der Waals surface area contributed by atoms with Crippen molar-refractivity contribution in [2.75, 3.05) is 26.2 Å². The molecule has 0 amide bonds. The van der Waals surface area contributed by atoms with Crippen molar-refractivity contribution in [3.63, 3.8) is 0 Å². The molecule has 1 spiro atoms. The first-order chi connectivity index (χ1) is 11.9. The van der Waals surface area contributed by atoms with Crippen LogP contribution in [0, 0.1) is 11.3 Å². The predicted molar refractivity (Wildman–Crippen MR) is 106 cm³/mol. The average Bonchev–Trinajstić information content (AvgIpc) is 2.56. The third-order valence-electron chi connectivity index (χ3n) is 6.47. The van der Waals surface area contributed by atoms with E-state index in [9.17, 15) is 0 Å². The van der Waals surface area contributed by atoms with Crippen LogP contribution >= 0.6 is 0 Å². The first-order valence-corrected chi connectivity index (χ1v) is 11.0. The van der Waals surface area contributed by atoms with Crippen LogP contribution in [0.25, 0.3) is 0 Å². The fourth-order valence-electron chi connectivity index (χ4n) is 5.07. The summed E-state index contributed by atoms with van der Waals surface area (Å²) in [6.07, 6.45) is 11.2. The highest BCUT2D eigenvalue weighted by molar-refractivity contribution is 4.89. The van der Waals surface area contributed by atoms with Gasteiger partial charge in [-0.2, -0.15) is 0 Å². The number of nitrogens with zero attached hydrogens (tertiary/aromatic N) is 1. The van der Waals surface area contributed by atoms with Crippen LogP contribution in [0.4, 0.5) is 0 Å². The monoisotopic (exact) mass is 353 g/mol. The summed E-state index contributed by atoms with van der Waals surface area (Å²) >= 11 is 0. The van der Waals surface area contributed by atoms with Gasteiger partial charge in [0, 0.05) is 19.4 Å². The van der Waals surface area contributed by atoms with Gasteiger partial charge in [-0.05, 0) is 62.9 Å². The second-order valence-corrected chi connectivity index (χ2v) is 9.10. The van der Waals surface area contributed by atoms with Gasteiger partial charge < -0.3 is 14.4 Å². The smallest absolute Gasteiger partial charge is 0.168 e. The molecular formula is C22H43NO2. The molecule has 25 heavy (non-hydrogen) atoms. The molecule has 3 nitrogen and oxygen atoms in total. The van der Waals surface area contributed by atoms with Crippen molar-refractivity contribution in [1.29, 1.82) is 0 Å². The standard InChI is InChI=1S/C22H43NO2/c1-6-12-21(4,5)19-9-13-22(14-10-19)24-17-11-20(25-22)18-23(15-7-2)16-8-3/h19-20H,6-18H2,1-5H3. The van der Waals surface area contributed by atoms with Crippen molar-refractivity contribution in [2.45, 2.75) is 104 Å². The molecule has 1 aliphatic heterocycles. The van der Waals surface area contributed by atoms with Gasteiger partial charge in [0.15, 0.2) is 5.79 Å². The lowest BCUT2D eigenvalue weighted by Crippen LogP contribution is -2.51. The normalized spacial score (nSPS) is 31.0. The molecule has 2 aliphatic rings. The fraction of sp³-hybridized carbons (Fsp3) is 1.00. The lowest BCUT2D eigenvalue weighted by Gasteiger charge is -2.48. The van der Waals surface area contributed by atoms with Crippen molar-refractivity contribution in [3.8, 4) is 0 Å². The minimum Gasteiger partial charge on any atom is -0.350 e. The van der Waals surface area contributed by atoms with Crippen LogP contribution in [0.1, 0.15) is 92.4 Å². The van der Waals surface area contributed by atoms with E-state index in [2.05, 4.69) is 39.5 Å². The molecule has 0 aromatic carbocycles. The Kier molecular flexibility index (Phi) is 8.23. The lowest BCUT2D eigenvalue weighted by atomic mass is 9.67. The molecule has 1 saturated heterocycles. The third-order valence-corrected chi connectivity index (χ3v) is 6.47. The minimum atomic E-state index is -0.272. The van der Waals surface area contributed by atoms with Crippen molar-refractivity contribution >= 4 is 0 Å². The zero-order chi connectivity index (χ0) is 18.3. The maximum absolute atomic E-state index is 6.60. The maximum Gasteiger partial charge on any atom is 0.168 e. The minimum absolute atomic E-state index is 0.272. The zero-order valence-electron chi connectivity index (χ0n) is 17.6. The van der Waals surface area contributed by atoms with Gasteiger partial charge in [0.1, 0.15) is 0 Å². The number of ether oxygens (including phenoxy) is 2. The van der Waals surface area contributed by atoms with E-state index < -0.39 is 0 Å². The summed E-state index contributed by atoms with van der Waals surface area (Å²) in [6.45, 7) is 16.1. The Morgan fingerprint density at radius 2 is 1.60 bits per heavy atom. The Morgan fingerprint density at radius 3 is 2.16 bits per heavy atom. The van der Waals surface area contributed by atoms with Crippen LogP contribution in [0.2, 0.25) is 0 Å². The van der Waals surface area contributed by atoms with E-state index in [-0.39, 0.29) is 5.79 Å². The fourth-order valence-corrected chi connectivity index (χ4v) is 5.07. The Bertz CT molecular complexity index is 368. The van der Waals surface area contributed by atoms with Crippen LogP contribution < -0.4 is 0 Å². The van der Waals surface area contributed by atoms with Crippen LogP contribution in [-0.2, 0) is 9.47 Å². The van der Waals surface area contributed by atoms with Crippen LogP contribution in [0.3, 0.4) is 0 Å². The molecule has 3 heteroatoms. The van der Waals surface area contributed by atoms with E-state index in [1.54, 1.807) is 0 Å². The highest BCUT2D eigenvalue weighted by Crippen LogP contribution is 2.46. The Labute approximate surface area is 156 Å². The van der Waals surface area contributed by atoms with Gasteiger partial charge >= 0.3 is 0 Å². The van der Waals surface area contributed by atoms with E-state index in [4.69, 9.17) is 9.47 Å². The van der Waals surface area contributed by atoms with Gasteiger partial charge in [-0.1, -0.05) is 41.0 Å². The highest BCUT2D eigenvalue weighted by atomic mass is 16.7. The van der Waals surface area contributed by atoms with Crippen molar-refractivity contribution in [1.82, 2.24) is 4.90 Å². The molecule has 1 saturated carbocycles. The average molecular weight is 354 g/mol. The molecular weight excluding hydrogens is 310 g/mol. The predicted octanol–water partition coefficient (Wildman–Crippen LogP) is 5.63. The van der Waals surface area contributed by atoms with Crippen molar-refractivity contribution in [2.24, 2.45) is 11.3 Å². The molecule has 0 aromatic heterocycles. The first-order valence-electron chi connectivity index (χ1n) is 11.0. The third kappa shape index (κ3) is 5.94.